The van der Waals surface area contributed by atoms with E-state index in [2.05, 4.69) is 12.2 Å². The van der Waals surface area contributed by atoms with Crippen LogP contribution in [-0.2, 0) is 0 Å². The van der Waals surface area contributed by atoms with Crippen LogP contribution in [0.4, 0.5) is 8.78 Å². The van der Waals surface area contributed by atoms with Gasteiger partial charge in [0, 0.05) is 24.2 Å². The van der Waals surface area contributed by atoms with Crippen molar-refractivity contribution in [2.75, 3.05) is 13.1 Å². The molecule has 3 atom stereocenters. The van der Waals surface area contributed by atoms with Gasteiger partial charge in [-0.25, -0.2) is 8.78 Å². The lowest BCUT2D eigenvalue weighted by Crippen LogP contribution is -2.30. The van der Waals surface area contributed by atoms with Gasteiger partial charge >= 0.3 is 0 Å². The molecule has 0 bridgehead atoms. The molecule has 3 unspecified atom stereocenters. The van der Waals surface area contributed by atoms with Gasteiger partial charge < -0.3 is 11.1 Å². The van der Waals surface area contributed by atoms with Crippen LogP contribution in [0.5, 0.6) is 0 Å². The fraction of sp³-hybridized carbons (Fsp3) is 0.538. The summed E-state index contributed by atoms with van der Waals surface area (Å²) in [6.45, 7) is 3.35. The van der Waals surface area contributed by atoms with Gasteiger partial charge in [0.25, 0.3) is 0 Å². The van der Waals surface area contributed by atoms with Crippen molar-refractivity contribution in [2.24, 2.45) is 17.6 Å². The van der Waals surface area contributed by atoms with Crippen molar-refractivity contribution >= 4 is 0 Å². The number of hydrogen-bond donors (Lipinski definition) is 2. The second-order valence-electron chi connectivity index (χ2n) is 4.84. The first-order valence-corrected chi connectivity index (χ1v) is 6.00. The lowest BCUT2D eigenvalue weighted by molar-refractivity contribution is 0.482. The van der Waals surface area contributed by atoms with Crippen LogP contribution in [0.15, 0.2) is 18.2 Å². The largest absolute Gasteiger partial charge is 0.329 e. The van der Waals surface area contributed by atoms with E-state index < -0.39 is 11.6 Å². The van der Waals surface area contributed by atoms with Gasteiger partial charge in [-0.15, -0.1) is 0 Å². The molecular formula is C13H18F2N2. The zero-order valence-electron chi connectivity index (χ0n) is 9.92. The molecule has 1 fully saturated rings. The molecule has 0 aliphatic heterocycles. The Morgan fingerprint density at radius 3 is 2.71 bits per heavy atom. The minimum Gasteiger partial charge on any atom is -0.329 e. The van der Waals surface area contributed by atoms with Crippen molar-refractivity contribution in [2.45, 2.75) is 19.4 Å². The van der Waals surface area contributed by atoms with Crippen LogP contribution in [0, 0.1) is 23.5 Å². The summed E-state index contributed by atoms with van der Waals surface area (Å²) in [5.41, 5.74) is 6.08. The number of nitrogens with one attached hydrogen (secondary N) is 1. The summed E-state index contributed by atoms with van der Waals surface area (Å²) < 4.78 is 26.4. The highest BCUT2D eigenvalue weighted by molar-refractivity contribution is 5.22. The Hall–Kier alpha value is -1.00. The highest BCUT2D eigenvalue weighted by Gasteiger charge is 2.32. The van der Waals surface area contributed by atoms with Gasteiger partial charge in [-0.2, -0.15) is 0 Å². The van der Waals surface area contributed by atoms with Gasteiger partial charge in [0.05, 0.1) is 0 Å². The number of nitrogens with two attached hydrogens (primary N) is 1. The normalized spacial score (nSPS) is 24.7. The van der Waals surface area contributed by atoms with Crippen LogP contribution in [-0.4, -0.2) is 13.1 Å². The fourth-order valence-corrected chi connectivity index (χ4v) is 2.08. The highest BCUT2D eigenvalue weighted by atomic mass is 19.1. The zero-order chi connectivity index (χ0) is 12.4. The molecule has 0 aromatic heterocycles. The average molecular weight is 240 g/mol. The van der Waals surface area contributed by atoms with E-state index in [0.29, 0.717) is 18.0 Å². The first kappa shape index (κ1) is 12.5. The number of hydrogen-bond acceptors (Lipinski definition) is 2. The van der Waals surface area contributed by atoms with Crippen molar-refractivity contribution < 1.29 is 8.78 Å². The summed E-state index contributed by atoms with van der Waals surface area (Å²) in [7, 11) is 0. The maximum Gasteiger partial charge on any atom is 0.130 e. The standard InChI is InChI=1S/C13H18F2N2/c1-8-4-9(8)7-17-13(6-16)11-3-2-10(14)5-12(11)15/h2-3,5,8-9,13,17H,4,6-7,16H2,1H3. The first-order chi connectivity index (χ1) is 8.11. The summed E-state index contributed by atoms with van der Waals surface area (Å²) in [6, 6.07) is 3.40. The Kier molecular flexibility index (Phi) is 3.74. The summed E-state index contributed by atoms with van der Waals surface area (Å²) in [5, 5.41) is 3.25. The Morgan fingerprint density at radius 1 is 1.47 bits per heavy atom. The molecule has 1 aliphatic carbocycles. The molecule has 3 N–H and O–H groups in total. The lowest BCUT2D eigenvalue weighted by atomic mass is 10.1. The summed E-state index contributed by atoms with van der Waals surface area (Å²) in [6.07, 6.45) is 1.22. The van der Waals surface area contributed by atoms with Crippen LogP contribution < -0.4 is 11.1 Å². The summed E-state index contributed by atoms with van der Waals surface area (Å²) >= 11 is 0. The second kappa shape index (κ2) is 5.10. The SMILES string of the molecule is CC1CC1CNC(CN)c1ccc(F)cc1F. The topological polar surface area (TPSA) is 38.0 Å². The molecule has 0 saturated heterocycles. The van der Waals surface area contributed by atoms with Crippen LogP contribution in [0.1, 0.15) is 24.9 Å². The van der Waals surface area contributed by atoms with E-state index in [1.807, 2.05) is 0 Å². The van der Waals surface area contributed by atoms with Gasteiger partial charge in [0.2, 0.25) is 0 Å². The van der Waals surface area contributed by atoms with Crippen LogP contribution in [0.25, 0.3) is 0 Å². The van der Waals surface area contributed by atoms with E-state index in [9.17, 15) is 8.78 Å². The second-order valence-corrected chi connectivity index (χ2v) is 4.84. The van der Waals surface area contributed by atoms with Crippen molar-refractivity contribution in [1.29, 1.82) is 0 Å². The van der Waals surface area contributed by atoms with E-state index in [1.165, 1.54) is 18.6 Å². The van der Waals surface area contributed by atoms with Crippen LogP contribution in [0.3, 0.4) is 0 Å². The molecule has 17 heavy (non-hydrogen) atoms. The van der Waals surface area contributed by atoms with Crippen LogP contribution >= 0.6 is 0 Å². The number of rotatable bonds is 5. The van der Waals surface area contributed by atoms with Gasteiger partial charge in [-0.3, -0.25) is 0 Å². The van der Waals surface area contributed by atoms with E-state index in [0.717, 1.165) is 18.5 Å². The molecule has 1 aromatic carbocycles. The van der Waals surface area contributed by atoms with Crippen molar-refractivity contribution in [3.8, 4) is 0 Å². The molecule has 2 nitrogen and oxygen atoms in total. The monoisotopic (exact) mass is 240 g/mol. The van der Waals surface area contributed by atoms with Gasteiger partial charge in [0.15, 0.2) is 0 Å². The number of benzene rings is 1. The quantitative estimate of drug-likeness (QED) is 0.828. The average Bonchev–Trinajstić information content (AvgIpc) is 2.98. The maximum atomic E-state index is 13.6. The third-order valence-electron chi connectivity index (χ3n) is 3.48. The zero-order valence-corrected chi connectivity index (χ0v) is 9.92. The molecule has 1 saturated carbocycles. The summed E-state index contributed by atoms with van der Waals surface area (Å²) in [4.78, 5) is 0. The molecule has 1 aliphatic rings. The van der Waals surface area contributed by atoms with Crippen LogP contribution in [0.2, 0.25) is 0 Å². The minimum atomic E-state index is -0.558. The molecule has 0 spiro atoms. The van der Waals surface area contributed by atoms with Crippen molar-refractivity contribution in [3.63, 3.8) is 0 Å². The maximum absolute atomic E-state index is 13.6. The molecule has 0 heterocycles. The molecular weight excluding hydrogens is 222 g/mol. The van der Waals surface area contributed by atoms with E-state index in [-0.39, 0.29) is 6.04 Å². The minimum absolute atomic E-state index is 0.233. The van der Waals surface area contributed by atoms with Gasteiger partial charge in [-0.05, 0) is 30.9 Å². The highest BCUT2D eigenvalue weighted by Crippen LogP contribution is 2.37. The summed E-state index contributed by atoms with van der Waals surface area (Å²) in [5.74, 6) is 0.334. The Bertz CT molecular complexity index is 395. The lowest BCUT2D eigenvalue weighted by Gasteiger charge is -2.18. The molecule has 2 rings (SSSR count). The Labute approximate surface area is 100 Å². The molecule has 94 valence electrons. The van der Waals surface area contributed by atoms with E-state index >= 15 is 0 Å². The smallest absolute Gasteiger partial charge is 0.130 e. The first-order valence-electron chi connectivity index (χ1n) is 6.00. The third-order valence-corrected chi connectivity index (χ3v) is 3.48. The van der Waals surface area contributed by atoms with Crippen molar-refractivity contribution in [1.82, 2.24) is 5.32 Å². The third kappa shape index (κ3) is 3.01. The molecule has 0 radical (unpaired) electrons. The molecule has 1 aromatic rings. The van der Waals surface area contributed by atoms with Crippen molar-refractivity contribution in [3.05, 3.63) is 35.4 Å². The predicted molar refractivity (Wildman–Crippen MR) is 63.4 cm³/mol. The van der Waals surface area contributed by atoms with Gasteiger partial charge in [-0.1, -0.05) is 13.0 Å². The molecule has 4 heteroatoms. The van der Waals surface area contributed by atoms with E-state index in [1.54, 1.807) is 0 Å². The van der Waals surface area contributed by atoms with Gasteiger partial charge in [0.1, 0.15) is 11.6 Å². The van der Waals surface area contributed by atoms with E-state index in [4.69, 9.17) is 5.73 Å². The Morgan fingerprint density at radius 2 is 2.18 bits per heavy atom. The predicted octanol–water partition coefficient (Wildman–Crippen LogP) is 2.21. The number of halogens is 2. The fourth-order valence-electron chi connectivity index (χ4n) is 2.08. The molecule has 0 amide bonds. The Balaban J connectivity index is 2.00.